The standard InChI is InChI=1S/C29H34N6O2/c1-29(30,22-11-13-25(14-12-22)37-24-8-5-4-6-9-24)26-20-31-21-32-28(26)33-23-15-18-35(19-16-23)27(36)10-7-17-34(2)3/h4-6,8-9,11-14,20-21,23H,15-19,30H2,1-3H3,(H,31,32,33)/p+1. The molecule has 8 heteroatoms. The second-order valence-electron chi connectivity index (χ2n) is 9.80. The monoisotopic (exact) mass is 499 g/mol. The predicted molar refractivity (Wildman–Crippen MR) is 143 cm³/mol. The van der Waals surface area contributed by atoms with Crippen LogP contribution in [-0.2, 0) is 10.3 Å². The molecule has 1 aromatic heterocycles. The number of likely N-dealkylation sites (tertiary alicyclic amines) is 1. The van der Waals surface area contributed by atoms with E-state index in [-0.39, 0.29) is 5.91 Å². The summed E-state index contributed by atoms with van der Waals surface area (Å²) in [7, 11) is 3.87. The number of piperidine rings is 1. The molecule has 1 amide bonds. The van der Waals surface area contributed by atoms with Crippen LogP contribution in [0.1, 0.15) is 30.9 Å². The fourth-order valence-electron chi connectivity index (χ4n) is 4.37. The summed E-state index contributed by atoms with van der Waals surface area (Å²) < 4.78 is 5.92. The van der Waals surface area contributed by atoms with Crippen molar-refractivity contribution in [3.8, 4) is 23.3 Å². The van der Waals surface area contributed by atoms with Crippen molar-refractivity contribution in [1.29, 1.82) is 0 Å². The van der Waals surface area contributed by atoms with Crippen LogP contribution in [-0.4, -0.2) is 65.4 Å². The Morgan fingerprint density at radius 2 is 1.81 bits per heavy atom. The first-order valence-corrected chi connectivity index (χ1v) is 12.5. The molecule has 37 heavy (non-hydrogen) atoms. The van der Waals surface area contributed by atoms with Gasteiger partial charge in [0, 0.05) is 32.1 Å². The minimum Gasteiger partial charge on any atom is -0.457 e. The molecule has 1 unspecified atom stereocenters. The van der Waals surface area contributed by atoms with Gasteiger partial charge in [-0.15, -0.1) is 0 Å². The highest BCUT2D eigenvalue weighted by Crippen LogP contribution is 2.31. The van der Waals surface area contributed by atoms with Crippen molar-refractivity contribution in [2.45, 2.75) is 31.3 Å². The van der Waals surface area contributed by atoms with Gasteiger partial charge >= 0.3 is 0 Å². The highest BCUT2D eigenvalue weighted by molar-refractivity contribution is 5.93. The van der Waals surface area contributed by atoms with E-state index in [1.807, 2.05) is 85.4 Å². The Kier molecular flexibility index (Phi) is 8.51. The molecule has 1 aliphatic rings. The van der Waals surface area contributed by atoms with E-state index < -0.39 is 5.54 Å². The summed E-state index contributed by atoms with van der Waals surface area (Å²) in [6.07, 6.45) is 5.07. The molecule has 2 aromatic carbocycles. The normalized spacial score (nSPS) is 15.5. The summed E-state index contributed by atoms with van der Waals surface area (Å²) in [5, 5.41) is 2.18. The number of rotatable bonds is 7. The highest BCUT2D eigenvalue weighted by Gasteiger charge is 2.32. The lowest BCUT2D eigenvalue weighted by atomic mass is 9.86. The van der Waals surface area contributed by atoms with Crippen LogP contribution in [0.15, 0.2) is 67.1 Å². The third-order valence-corrected chi connectivity index (χ3v) is 6.55. The molecule has 8 nitrogen and oxygen atoms in total. The van der Waals surface area contributed by atoms with Crippen LogP contribution in [0.3, 0.4) is 0 Å². The number of nitrogens with zero attached hydrogens (tertiary/aromatic N) is 4. The molecule has 0 spiro atoms. The fraction of sp³-hybridized carbons (Fsp3) is 0.345. The van der Waals surface area contributed by atoms with E-state index in [0.717, 1.165) is 41.3 Å². The van der Waals surface area contributed by atoms with E-state index in [0.29, 0.717) is 25.7 Å². The van der Waals surface area contributed by atoms with Crippen LogP contribution in [0.4, 0.5) is 5.82 Å². The van der Waals surface area contributed by atoms with Crippen LogP contribution in [0, 0.1) is 11.8 Å². The van der Waals surface area contributed by atoms with Gasteiger partial charge in [-0.25, -0.2) is 4.98 Å². The molecule has 1 atom stereocenters. The lowest BCUT2D eigenvalue weighted by Crippen LogP contribution is -2.86. The Balaban J connectivity index is 1.41. The summed E-state index contributed by atoms with van der Waals surface area (Å²) in [5.74, 6) is 7.94. The van der Waals surface area contributed by atoms with Crippen LogP contribution in [0.25, 0.3) is 0 Å². The predicted octanol–water partition coefficient (Wildman–Crippen LogP) is 2.24. The first kappa shape index (κ1) is 26.3. The zero-order chi connectivity index (χ0) is 26.3. The van der Waals surface area contributed by atoms with Crippen molar-refractivity contribution in [2.75, 3.05) is 33.7 Å². The van der Waals surface area contributed by atoms with Crippen molar-refractivity contribution in [2.24, 2.45) is 5.73 Å². The first-order chi connectivity index (χ1) is 17.8. The fourth-order valence-corrected chi connectivity index (χ4v) is 4.37. The number of nitrogens with two attached hydrogens (primary N) is 2. The van der Waals surface area contributed by atoms with Gasteiger partial charge in [-0.05, 0) is 56.8 Å². The SMILES string of the molecule is CN(C)CC#CC(=O)N1CCC([NH2+]c2ncncc2C(C)(N)c2ccc(Oc3ccccc3)cc2)CC1. The molecule has 1 fully saturated rings. The van der Waals surface area contributed by atoms with E-state index in [4.69, 9.17) is 10.5 Å². The molecular weight excluding hydrogens is 464 g/mol. The van der Waals surface area contributed by atoms with Crippen molar-refractivity contribution < 1.29 is 14.8 Å². The van der Waals surface area contributed by atoms with Gasteiger partial charge in [0.25, 0.3) is 5.91 Å². The number of quaternary nitrogens is 1. The van der Waals surface area contributed by atoms with Gasteiger partial charge in [-0.3, -0.25) is 15.0 Å². The summed E-state index contributed by atoms with van der Waals surface area (Å²) in [4.78, 5) is 25.0. The summed E-state index contributed by atoms with van der Waals surface area (Å²) in [5.41, 5.74) is 7.89. The lowest BCUT2D eigenvalue weighted by Gasteiger charge is -2.30. The van der Waals surface area contributed by atoms with Crippen molar-refractivity contribution in [3.63, 3.8) is 0 Å². The summed E-state index contributed by atoms with van der Waals surface area (Å²) >= 11 is 0. The summed E-state index contributed by atoms with van der Waals surface area (Å²) in [6.45, 7) is 3.91. The third kappa shape index (κ3) is 6.92. The molecule has 0 aliphatic carbocycles. The molecular formula is C29H35N6O2+. The van der Waals surface area contributed by atoms with Crippen LogP contribution >= 0.6 is 0 Å². The summed E-state index contributed by atoms with van der Waals surface area (Å²) in [6, 6.07) is 17.8. The molecule has 0 saturated carbocycles. The van der Waals surface area contributed by atoms with E-state index in [1.54, 1.807) is 12.5 Å². The van der Waals surface area contributed by atoms with E-state index in [2.05, 4.69) is 27.1 Å². The number of amides is 1. The smallest absolute Gasteiger partial charge is 0.298 e. The number of aromatic nitrogens is 2. The molecule has 3 aromatic rings. The maximum Gasteiger partial charge on any atom is 0.298 e. The number of benzene rings is 2. The van der Waals surface area contributed by atoms with Crippen LogP contribution in [0.5, 0.6) is 11.5 Å². The molecule has 2 heterocycles. The first-order valence-electron chi connectivity index (χ1n) is 12.5. The number of para-hydroxylation sites is 1. The number of carbonyl (C=O) groups excluding carboxylic acids is 1. The number of hydrogen-bond donors (Lipinski definition) is 2. The Morgan fingerprint density at radius 3 is 2.49 bits per heavy atom. The maximum absolute atomic E-state index is 12.4. The Morgan fingerprint density at radius 1 is 1.14 bits per heavy atom. The van der Waals surface area contributed by atoms with Gasteiger partial charge in [0.15, 0.2) is 0 Å². The average molecular weight is 500 g/mol. The Bertz CT molecular complexity index is 1240. The molecule has 0 radical (unpaired) electrons. The van der Waals surface area contributed by atoms with Gasteiger partial charge in [0.1, 0.15) is 17.8 Å². The van der Waals surface area contributed by atoms with Gasteiger partial charge in [-0.1, -0.05) is 36.3 Å². The number of ether oxygens (including phenoxy) is 1. The van der Waals surface area contributed by atoms with Crippen LogP contribution < -0.4 is 15.8 Å². The van der Waals surface area contributed by atoms with Crippen molar-refractivity contribution in [3.05, 3.63) is 78.2 Å². The molecule has 0 bridgehead atoms. The second kappa shape index (κ2) is 12.0. The van der Waals surface area contributed by atoms with Gasteiger partial charge < -0.3 is 15.4 Å². The van der Waals surface area contributed by atoms with E-state index in [1.165, 1.54) is 0 Å². The third-order valence-electron chi connectivity index (χ3n) is 6.55. The molecule has 192 valence electrons. The quantitative estimate of drug-likeness (QED) is 0.484. The number of hydrogen-bond acceptors (Lipinski definition) is 6. The Hall–Kier alpha value is -3.77. The van der Waals surface area contributed by atoms with Gasteiger partial charge in [0.05, 0.1) is 23.7 Å². The zero-order valence-corrected chi connectivity index (χ0v) is 21.7. The second-order valence-corrected chi connectivity index (χ2v) is 9.80. The maximum atomic E-state index is 12.4. The van der Waals surface area contributed by atoms with Crippen LogP contribution in [0.2, 0.25) is 0 Å². The number of carbonyl (C=O) groups is 1. The minimum absolute atomic E-state index is 0.0998. The topological polar surface area (TPSA) is 101 Å². The molecule has 1 saturated heterocycles. The van der Waals surface area contributed by atoms with E-state index >= 15 is 0 Å². The van der Waals surface area contributed by atoms with Gasteiger partial charge in [-0.2, -0.15) is 4.98 Å². The molecule has 4 N–H and O–H groups in total. The van der Waals surface area contributed by atoms with Gasteiger partial charge in [0.2, 0.25) is 5.82 Å². The Labute approximate surface area is 218 Å². The van der Waals surface area contributed by atoms with E-state index in [9.17, 15) is 4.79 Å². The molecule has 4 rings (SSSR count). The minimum atomic E-state index is -0.795. The largest absolute Gasteiger partial charge is 0.457 e. The zero-order valence-electron chi connectivity index (χ0n) is 21.7. The lowest BCUT2D eigenvalue weighted by molar-refractivity contribution is -0.618. The van der Waals surface area contributed by atoms with Crippen molar-refractivity contribution in [1.82, 2.24) is 19.8 Å². The highest BCUT2D eigenvalue weighted by atomic mass is 16.5. The average Bonchev–Trinajstić information content (AvgIpc) is 2.90. The van der Waals surface area contributed by atoms with Crippen molar-refractivity contribution >= 4 is 11.7 Å². The molecule has 1 aliphatic heterocycles.